The number of rotatable bonds is 7. The van der Waals surface area contributed by atoms with E-state index in [1.807, 2.05) is 27.7 Å². The van der Waals surface area contributed by atoms with Gasteiger partial charge < -0.3 is 10.1 Å². The van der Waals surface area contributed by atoms with Crippen molar-refractivity contribution in [3.8, 4) is 0 Å². The smallest absolute Gasteiger partial charge is 0.254 e. The zero-order valence-electron chi connectivity index (χ0n) is 11.6. The van der Waals surface area contributed by atoms with Crippen molar-refractivity contribution in [1.29, 1.82) is 0 Å². The minimum Gasteiger partial charge on any atom is -0.377 e. The van der Waals surface area contributed by atoms with Crippen molar-refractivity contribution >= 4 is 5.91 Å². The Hall–Kier alpha value is -1.36. The van der Waals surface area contributed by atoms with E-state index in [4.69, 9.17) is 4.74 Å². The third-order valence-electron chi connectivity index (χ3n) is 2.74. The summed E-state index contributed by atoms with van der Waals surface area (Å²) in [7, 11) is 0. The summed E-state index contributed by atoms with van der Waals surface area (Å²) in [6.45, 7) is 9.25. The van der Waals surface area contributed by atoms with Gasteiger partial charge in [-0.1, -0.05) is 6.92 Å². The maximum absolute atomic E-state index is 11.9. The maximum atomic E-state index is 11.9. The highest BCUT2D eigenvalue weighted by atomic mass is 16.5. The molecule has 0 unspecified atom stereocenters. The number of aromatic nitrogens is 2. The third-order valence-corrected chi connectivity index (χ3v) is 2.74. The molecule has 0 spiro atoms. The van der Waals surface area contributed by atoms with Crippen molar-refractivity contribution in [2.24, 2.45) is 0 Å². The maximum Gasteiger partial charge on any atom is 0.254 e. The van der Waals surface area contributed by atoms with Crippen LogP contribution in [0, 0.1) is 0 Å². The van der Waals surface area contributed by atoms with E-state index < -0.39 is 0 Å². The highest BCUT2D eigenvalue weighted by Gasteiger charge is 2.12. The second-order valence-corrected chi connectivity index (χ2v) is 4.50. The first kappa shape index (κ1) is 14.7. The highest BCUT2D eigenvalue weighted by Crippen LogP contribution is 2.05. The molecular formula is C13H23N3O2. The van der Waals surface area contributed by atoms with Crippen LogP contribution < -0.4 is 5.32 Å². The van der Waals surface area contributed by atoms with Gasteiger partial charge in [-0.15, -0.1) is 0 Å². The number of ether oxygens (including phenoxy) is 1. The van der Waals surface area contributed by atoms with Crippen molar-refractivity contribution in [3.05, 3.63) is 18.0 Å². The van der Waals surface area contributed by atoms with E-state index in [9.17, 15) is 4.79 Å². The molecule has 0 aliphatic heterocycles. The van der Waals surface area contributed by atoms with E-state index in [-0.39, 0.29) is 18.1 Å². The Morgan fingerprint density at radius 1 is 1.50 bits per heavy atom. The van der Waals surface area contributed by atoms with Crippen LogP contribution in [0.1, 0.15) is 50.5 Å². The van der Waals surface area contributed by atoms with Crippen molar-refractivity contribution in [2.45, 2.75) is 46.3 Å². The van der Waals surface area contributed by atoms with Gasteiger partial charge in [-0.3, -0.25) is 9.48 Å². The number of nitrogens with one attached hydrogen (secondary N) is 1. The minimum atomic E-state index is -0.0972. The molecule has 1 aromatic heterocycles. The predicted octanol–water partition coefficient (Wildman–Crippen LogP) is 2.01. The molecular weight excluding hydrogens is 230 g/mol. The molecule has 0 saturated heterocycles. The minimum absolute atomic E-state index is 0.0825. The Bertz CT molecular complexity index is 374. The Morgan fingerprint density at radius 2 is 2.22 bits per heavy atom. The summed E-state index contributed by atoms with van der Waals surface area (Å²) >= 11 is 0. The molecule has 0 saturated carbocycles. The summed E-state index contributed by atoms with van der Waals surface area (Å²) in [4.78, 5) is 11.9. The van der Waals surface area contributed by atoms with E-state index in [1.165, 1.54) is 0 Å². The van der Waals surface area contributed by atoms with Gasteiger partial charge in [0, 0.05) is 25.4 Å². The molecule has 18 heavy (non-hydrogen) atoms. The van der Waals surface area contributed by atoms with Crippen LogP contribution in [0.5, 0.6) is 0 Å². The Labute approximate surface area is 109 Å². The molecule has 0 bridgehead atoms. The fourth-order valence-corrected chi connectivity index (χ4v) is 1.60. The summed E-state index contributed by atoms with van der Waals surface area (Å²) in [5.41, 5.74) is 0.593. The number of amides is 1. The van der Waals surface area contributed by atoms with Crippen molar-refractivity contribution in [3.63, 3.8) is 0 Å². The molecule has 5 nitrogen and oxygen atoms in total. The first-order valence-corrected chi connectivity index (χ1v) is 6.52. The first-order valence-electron chi connectivity index (χ1n) is 6.52. The van der Waals surface area contributed by atoms with Gasteiger partial charge in [-0.05, 0) is 27.2 Å². The summed E-state index contributed by atoms with van der Waals surface area (Å²) in [5, 5.41) is 7.01. The Kier molecular flexibility index (Phi) is 5.85. The number of carbonyl (C=O) groups excluding carboxylic acids is 1. The lowest BCUT2D eigenvalue weighted by Gasteiger charge is -2.15. The van der Waals surface area contributed by atoms with E-state index in [0.717, 1.165) is 6.42 Å². The second kappa shape index (κ2) is 7.16. The van der Waals surface area contributed by atoms with Crippen molar-refractivity contribution in [1.82, 2.24) is 15.1 Å². The van der Waals surface area contributed by atoms with Gasteiger partial charge in [-0.25, -0.2) is 0 Å². The molecule has 0 radical (unpaired) electrons. The average Bonchev–Trinajstić information content (AvgIpc) is 2.83. The monoisotopic (exact) mass is 253 g/mol. The van der Waals surface area contributed by atoms with Gasteiger partial charge in [0.05, 0.1) is 17.9 Å². The van der Waals surface area contributed by atoms with Gasteiger partial charge in [0.2, 0.25) is 0 Å². The lowest BCUT2D eigenvalue weighted by atomic mass is 10.2. The van der Waals surface area contributed by atoms with Crippen molar-refractivity contribution in [2.75, 3.05) is 13.2 Å². The van der Waals surface area contributed by atoms with Crippen molar-refractivity contribution < 1.29 is 9.53 Å². The molecule has 102 valence electrons. The predicted molar refractivity (Wildman–Crippen MR) is 70.7 cm³/mol. The fraction of sp³-hybridized carbons (Fsp3) is 0.692. The third kappa shape index (κ3) is 4.14. The quantitative estimate of drug-likeness (QED) is 0.808. The molecule has 1 N–H and O–H groups in total. The van der Waals surface area contributed by atoms with Crippen LogP contribution in [0.2, 0.25) is 0 Å². The van der Waals surface area contributed by atoms with Crippen LogP contribution in [0.25, 0.3) is 0 Å². The van der Waals surface area contributed by atoms with Crippen LogP contribution in [-0.4, -0.2) is 34.9 Å². The lowest BCUT2D eigenvalue weighted by molar-refractivity contribution is 0.0569. The van der Waals surface area contributed by atoms with E-state index in [2.05, 4.69) is 10.4 Å². The van der Waals surface area contributed by atoms with Gasteiger partial charge >= 0.3 is 0 Å². The zero-order chi connectivity index (χ0) is 13.5. The number of hydrogen-bond donors (Lipinski definition) is 1. The topological polar surface area (TPSA) is 56.1 Å². The fourth-order valence-electron chi connectivity index (χ4n) is 1.60. The molecule has 1 aromatic rings. The molecule has 0 aliphatic carbocycles. The van der Waals surface area contributed by atoms with Crippen LogP contribution in [-0.2, 0) is 4.74 Å². The van der Waals surface area contributed by atoms with Crippen LogP contribution in [0.3, 0.4) is 0 Å². The Morgan fingerprint density at radius 3 is 2.72 bits per heavy atom. The molecule has 1 amide bonds. The zero-order valence-corrected chi connectivity index (χ0v) is 11.6. The van der Waals surface area contributed by atoms with E-state index >= 15 is 0 Å². The van der Waals surface area contributed by atoms with E-state index in [0.29, 0.717) is 18.7 Å². The standard InChI is InChI=1S/C13H23N3O2/c1-5-12(18-6-2)8-14-13(17)11-7-15-16(9-11)10(3)4/h7,9-10,12H,5-6,8H2,1-4H3,(H,14,17)/t12-/m0/s1. The van der Waals surface area contributed by atoms with Gasteiger partial charge in [0.25, 0.3) is 5.91 Å². The number of nitrogens with zero attached hydrogens (tertiary/aromatic N) is 2. The highest BCUT2D eigenvalue weighted by molar-refractivity contribution is 5.93. The molecule has 0 fully saturated rings. The molecule has 1 atom stereocenters. The summed E-state index contributed by atoms with van der Waals surface area (Å²) in [5.74, 6) is -0.0972. The summed E-state index contributed by atoms with van der Waals surface area (Å²) < 4.78 is 7.26. The van der Waals surface area contributed by atoms with Gasteiger partial charge in [-0.2, -0.15) is 5.10 Å². The lowest BCUT2D eigenvalue weighted by Crippen LogP contribution is -2.33. The molecule has 1 heterocycles. The SMILES string of the molecule is CCO[C@@H](CC)CNC(=O)c1cnn(C(C)C)c1. The molecule has 1 rings (SSSR count). The average molecular weight is 253 g/mol. The van der Waals surface area contributed by atoms with Crippen LogP contribution >= 0.6 is 0 Å². The van der Waals surface area contributed by atoms with Crippen LogP contribution in [0.15, 0.2) is 12.4 Å². The molecule has 5 heteroatoms. The number of carbonyl (C=O) groups is 1. The summed E-state index contributed by atoms with van der Waals surface area (Å²) in [6, 6.07) is 0.262. The van der Waals surface area contributed by atoms with Gasteiger partial charge in [0.1, 0.15) is 0 Å². The van der Waals surface area contributed by atoms with E-state index in [1.54, 1.807) is 17.1 Å². The first-order chi connectivity index (χ1) is 8.58. The van der Waals surface area contributed by atoms with Gasteiger partial charge in [0.15, 0.2) is 0 Å². The molecule has 0 aromatic carbocycles. The normalized spacial score (nSPS) is 12.7. The largest absolute Gasteiger partial charge is 0.377 e. The second-order valence-electron chi connectivity index (χ2n) is 4.50. The molecule has 0 aliphatic rings. The van der Waals surface area contributed by atoms with Crippen LogP contribution in [0.4, 0.5) is 0 Å². The summed E-state index contributed by atoms with van der Waals surface area (Å²) in [6.07, 6.45) is 4.33. The number of hydrogen-bond acceptors (Lipinski definition) is 3. The Balaban J connectivity index is 2.49.